The first-order valence-corrected chi connectivity index (χ1v) is 8.37. The quantitative estimate of drug-likeness (QED) is 0.938. The second-order valence-corrected chi connectivity index (χ2v) is 6.25. The Labute approximate surface area is 138 Å². The van der Waals surface area contributed by atoms with E-state index < -0.39 is 0 Å². The summed E-state index contributed by atoms with van der Waals surface area (Å²) in [6.45, 7) is 5.31. The van der Waals surface area contributed by atoms with E-state index in [-0.39, 0.29) is 0 Å². The van der Waals surface area contributed by atoms with Crippen LogP contribution in [0.4, 0.5) is 0 Å². The second kappa shape index (κ2) is 7.09. The number of aryl methyl sites for hydroxylation is 2. The van der Waals surface area contributed by atoms with E-state index >= 15 is 0 Å². The van der Waals surface area contributed by atoms with Crippen molar-refractivity contribution in [1.29, 1.82) is 0 Å². The highest BCUT2D eigenvalue weighted by molar-refractivity contribution is 5.32. The number of hydrogen-bond donors (Lipinski definition) is 1. The first-order valence-electron chi connectivity index (χ1n) is 8.37. The third kappa shape index (κ3) is 3.70. The lowest BCUT2D eigenvalue weighted by Gasteiger charge is -2.26. The van der Waals surface area contributed by atoms with Gasteiger partial charge in [0.15, 0.2) is 0 Å². The van der Waals surface area contributed by atoms with E-state index in [0.717, 1.165) is 35.9 Å². The van der Waals surface area contributed by atoms with Crippen LogP contribution in [0.5, 0.6) is 5.75 Å². The maximum absolute atomic E-state index is 5.20. The van der Waals surface area contributed by atoms with Crippen molar-refractivity contribution in [3.05, 3.63) is 52.6 Å². The minimum absolute atomic E-state index is 0.416. The lowest BCUT2D eigenvalue weighted by molar-refractivity contribution is 0.407. The molecule has 1 fully saturated rings. The van der Waals surface area contributed by atoms with Gasteiger partial charge in [-0.15, -0.1) is 0 Å². The Kier molecular flexibility index (Phi) is 4.91. The molecule has 1 aliphatic rings. The van der Waals surface area contributed by atoms with E-state index in [1.54, 1.807) is 7.11 Å². The number of aromatic nitrogens is 2. The molecule has 23 heavy (non-hydrogen) atoms. The molecule has 1 unspecified atom stereocenters. The number of nitrogens with zero attached hydrogens (tertiary/aromatic N) is 2. The molecule has 4 nitrogen and oxygen atoms in total. The summed E-state index contributed by atoms with van der Waals surface area (Å²) < 4.78 is 5.20. The van der Waals surface area contributed by atoms with Gasteiger partial charge in [0.25, 0.3) is 0 Å². The predicted molar refractivity (Wildman–Crippen MR) is 91.9 cm³/mol. The summed E-state index contributed by atoms with van der Waals surface area (Å²) in [5.41, 5.74) is 4.72. The molecule has 1 aliphatic heterocycles. The molecule has 0 amide bonds. The first kappa shape index (κ1) is 15.9. The highest BCUT2D eigenvalue weighted by atomic mass is 16.5. The monoisotopic (exact) mass is 311 g/mol. The van der Waals surface area contributed by atoms with Crippen LogP contribution >= 0.6 is 0 Å². The summed E-state index contributed by atoms with van der Waals surface area (Å²) in [5, 5.41) is 3.60. The Morgan fingerprint density at radius 1 is 1.09 bits per heavy atom. The molecule has 0 bridgehead atoms. The summed E-state index contributed by atoms with van der Waals surface area (Å²) in [7, 11) is 1.68. The van der Waals surface area contributed by atoms with Gasteiger partial charge in [0.1, 0.15) is 11.6 Å². The number of piperidine rings is 1. The third-order valence-electron chi connectivity index (χ3n) is 4.55. The van der Waals surface area contributed by atoms with E-state index in [2.05, 4.69) is 31.3 Å². The highest BCUT2D eigenvalue weighted by Crippen LogP contribution is 2.27. The van der Waals surface area contributed by atoms with E-state index in [1.807, 2.05) is 12.1 Å². The fourth-order valence-electron chi connectivity index (χ4n) is 3.40. The fourth-order valence-corrected chi connectivity index (χ4v) is 3.40. The van der Waals surface area contributed by atoms with Crippen molar-refractivity contribution in [2.24, 2.45) is 0 Å². The average molecular weight is 311 g/mol. The van der Waals surface area contributed by atoms with Gasteiger partial charge < -0.3 is 10.1 Å². The summed E-state index contributed by atoms with van der Waals surface area (Å²) in [5.74, 6) is 1.77. The molecule has 0 radical (unpaired) electrons. The van der Waals surface area contributed by atoms with Gasteiger partial charge in [-0.05, 0) is 50.9 Å². The van der Waals surface area contributed by atoms with Crippen LogP contribution in [0, 0.1) is 13.8 Å². The van der Waals surface area contributed by atoms with Crippen LogP contribution in [0.15, 0.2) is 24.3 Å². The minimum Gasteiger partial charge on any atom is -0.497 e. The number of methoxy groups -OCH3 is 1. The number of ether oxygens (including phenoxy) is 1. The largest absolute Gasteiger partial charge is 0.497 e. The SMILES string of the molecule is COc1ccc(Cc2nc(C)c(C3CCCCN3)c(C)n2)cc1. The van der Waals surface area contributed by atoms with Gasteiger partial charge in [-0.1, -0.05) is 18.6 Å². The molecule has 1 aromatic carbocycles. The molecule has 1 saturated heterocycles. The Morgan fingerprint density at radius 2 is 1.78 bits per heavy atom. The van der Waals surface area contributed by atoms with Crippen molar-refractivity contribution < 1.29 is 4.74 Å². The van der Waals surface area contributed by atoms with Gasteiger partial charge in [-0.3, -0.25) is 0 Å². The third-order valence-corrected chi connectivity index (χ3v) is 4.55. The second-order valence-electron chi connectivity index (χ2n) is 6.25. The smallest absolute Gasteiger partial charge is 0.133 e. The van der Waals surface area contributed by atoms with Crippen LogP contribution < -0.4 is 10.1 Å². The van der Waals surface area contributed by atoms with E-state index in [0.29, 0.717) is 6.04 Å². The molecule has 4 heteroatoms. The van der Waals surface area contributed by atoms with Crippen molar-refractivity contribution >= 4 is 0 Å². The molecule has 0 aliphatic carbocycles. The van der Waals surface area contributed by atoms with Crippen LogP contribution in [0.25, 0.3) is 0 Å². The first-order chi connectivity index (χ1) is 11.2. The van der Waals surface area contributed by atoms with E-state index in [4.69, 9.17) is 14.7 Å². The number of hydrogen-bond acceptors (Lipinski definition) is 4. The van der Waals surface area contributed by atoms with Crippen molar-refractivity contribution in [3.8, 4) is 5.75 Å². The molecule has 1 N–H and O–H groups in total. The zero-order valence-corrected chi connectivity index (χ0v) is 14.2. The maximum atomic E-state index is 5.20. The molecule has 2 aromatic rings. The van der Waals surface area contributed by atoms with E-state index in [9.17, 15) is 0 Å². The summed E-state index contributed by atoms with van der Waals surface area (Å²) in [6, 6.07) is 8.52. The molecular weight excluding hydrogens is 286 g/mol. The molecule has 1 aromatic heterocycles. The Hall–Kier alpha value is -1.94. The van der Waals surface area contributed by atoms with Crippen molar-refractivity contribution in [2.45, 2.75) is 45.6 Å². The van der Waals surface area contributed by atoms with Gasteiger partial charge in [0.2, 0.25) is 0 Å². The molecule has 122 valence electrons. The zero-order valence-electron chi connectivity index (χ0n) is 14.2. The lowest BCUT2D eigenvalue weighted by Crippen LogP contribution is -2.28. The van der Waals surface area contributed by atoms with Crippen LogP contribution in [0.2, 0.25) is 0 Å². The highest BCUT2D eigenvalue weighted by Gasteiger charge is 2.20. The molecule has 2 heterocycles. The number of benzene rings is 1. The Bertz CT molecular complexity index is 638. The van der Waals surface area contributed by atoms with Gasteiger partial charge in [0, 0.05) is 29.4 Å². The summed E-state index contributed by atoms with van der Waals surface area (Å²) in [4.78, 5) is 9.53. The predicted octanol–water partition coefficient (Wildman–Crippen LogP) is 3.51. The maximum Gasteiger partial charge on any atom is 0.133 e. The topological polar surface area (TPSA) is 47.0 Å². The van der Waals surface area contributed by atoms with Crippen molar-refractivity contribution in [3.63, 3.8) is 0 Å². The molecular formula is C19H25N3O. The van der Waals surface area contributed by atoms with Gasteiger partial charge in [-0.2, -0.15) is 0 Å². The normalized spacial score (nSPS) is 18.0. The Balaban J connectivity index is 1.80. The molecule has 1 atom stereocenters. The van der Waals surface area contributed by atoms with E-state index in [1.165, 1.54) is 30.4 Å². The average Bonchev–Trinajstić information content (AvgIpc) is 2.56. The number of nitrogens with one attached hydrogen (secondary N) is 1. The van der Waals surface area contributed by atoms with Crippen molar-refractivity contribution in [1.82, 2.24) is 15.3 Å². The molecule has 3 rings (SSSR count). The number of rotatable bonds is 4. The Morgan fingerprint density at radius 3 is 2.35 bits per heavy atom. The summed E-state index contributed by atoms with van der Waals surface area (Å²) >= 11 is 0. The minimum atomic E-state index is 0.416. The van der Waals surface area contributed by atoms with Crippen molar-refractivity contribution in [2.75, 3.05) is 13.7 Å². The fraction of sp³-hybridized carbons (Fsp3) is 0.474. The van der Waals surface area contributed by atoms with Gasteiger partial charge >= 0.3 is 0 Å². The van der Waals surface area contributed by atoms with Gasteiger partial charge in [0.05, 0.1) is 7.11 Å². The molecule has 0 saturated carbocycles. The van der Waals surface area contributed by atoms with Crippen LogP contribution in [0.3, 0.4) is 0 Å². The van der Waals surface area contributed by atoms with Gasteiger partial charge in [-0.25, -0.2) is 9.97 Å². The standard InChI is InChI=1S/C19H25N3O/c1-13-19(17-6-4-5-11-20-17)14(2)22-18(21-13)12-15-7-9-16(23-3)10-8-15/h7-10,17,20H,4-6,11-12H2,1-3H3. The zero-order chi connectivity index (χ0) is 16.2. The van der Waals surface area contributed by atoms with Crippen LogP contribution in [0.1, 0.15) is 53.6 Å². The van der Waals surface area contributed by atoms with Crippen LogP contribution in [-0.4, -0.2) is 23.6 Å². The summed E-state index contributed by atoms with van der Waals surface area (Å²) in [6.07, 6.45) is 4.49. The molecule has 0 spiro atoms. The lowest BCUT2D eigenvalue weighted by atomic mass is 9.95. The van der Waals surface area contributed by atoms with Crippen LogP contribution in [-0.2, 0) is 6.42 Å².